The van der Waals surface area contributed by atoms with E-state index in [1.54, 1.807) is 7.11 Å². The van der Waals surface area contributed by atoms with Crippen molar-refractivity contribution in [3.05, 3.63) is 41.0 Å². The normalized spacial score (nSPS) is 20.8. The number of rotatable bonds is 4. The molecule has 1 N–H and O–H groups in total. The molecule has 1 aromatic carbocycles. The second-order valence-electron chi connectivity index (χ2n) is 7.07. The molecule has 0 amide bonds. The lowest BCUT2D eigenvalue weighted by atomic mass is 9.97. The molecular formula is C19H22N4O4S. The first-order valence-electron chi connectivity index (χ1n) is 9.36. The van der Waals surface area contributed by atoms with Crippen LogP contribution in [0.15, 0.2) is 30.6 Å². The highest BCUT2D eigenvalue weighted by molar-refractivity contribution is 7.17. The Labute approximate surface area is 166 Å². The van der Waals surface area contributed by atoms with Crippen molar-refractivity contribution in [2.45, 2.75) is 24.7 Å². The van der Waals surface area contributed by atoms with Crippen LogP contribution in [0.3, 0.4) is 0 Å². The van der Waals surface area contributed by atoms with E-state index in [-0.39, 0.29) is 11.9 Å². The van der Waals surface area contributed by atoms with E-state index in [4.69, 9.17) is 14.2 Å². The summed E-state index contributed by atoms with van der Waals surface area (Å²) in [5.74, 6) is 0.486. The molecule has 2 aromatic heterocycles. The fourth-order valence-electron chi connectivity index (χ4n) is 4.12. The summed E-state index contributed by atoms with van der Waals surface area (Å²) in [7, 11) is 1.66. The van der Waals surface area contributed by atoms with Crippen molar-refractivity contribution >= 4 is 16.3 Å². The van der Waals surface area contributed by atoms with Crippen LogP contribution in [0.5, 0.6) is 11.6 Å². The molecule has 2 aliphatic heterocycles. The fourth-order valence-corrected chi connectivity index (χ4v) is 5.21. The van der Waals surface area contributed by atoms with Gasteiger partial charge in [0.05, 0.1) is 31.2 Å². The molecule has 9 heteroatoms. The van der Waals surface area contributed by atoms with Crippen LogP contribution in [-0.2, 0) is 9.47 Å². The van der Waals surface area contributed by atoms with Gasteiger partial charge in [-0.1, -0.05) is 23.5 Å². The minimum absolute atomic E-state index is 0.123. The van der Waals surface area contributed by atoms with Gasteiger partial charge in [-0.2, -0.15) is 9.61 Å². The number of aromatic hydroxyl groups is 1. The van der Waals surface area contributed by atoms with Gasteiger partial charge >= 0.3 is 0 Å². The maximum atomic E-state index is 10.8. The Bertz CT molecular complexity index is 971. The third-order valence-electron chi connectivity index (χ3n) is 5.54. The molecule has 5 rings (SSSR count). The second kappa shape index (κ2) is 7.00. The number of methoxy groups -OCH3 is 1. The van der Waals surface area contributed by atoms with Crippen LogP contribution in [0, 0.1) is 0 Å². The molecule has 0 unspecified atom stereocenters. The second-order valence-corrected chi connectivity index (χ2v) is 8.08. The first kappa shape index (κ1) is 17.9. The van der Waals surface area contributed by atoms with Crippen molar-refractivity contribution in [2.75, 3.05) is 33.4 Å². The molecule has 2 saturated heterocycles. The van der Waals surface area contributed by atoms with E-state index in [9.17, 15) is 5.11 Å². The summed E-state index contributed by atoms with van der Waals surface area (Å²) in [4.78, 5) is 8.10. The van der Waals surface area contributed by atoms with Gasteiger partial charge in [-0.25, -0.2) is 4.98 Å². The minimum atomic E-state index is -0.441. The number of ether oxygens (including phenoxy) is 3. The molecule has 2 fully saturated rings. The third-order valence-corrected chi connectivity index (χ3v) is 6.62. The van der Waals surface area contributed by atoms with Gasteiger partial charge in [-0.15, -0.1) is 0 Å². The zero-order valence-corrected chi connectivity index (χ0v) is 16.4. The van der Waals surface area contributed by atoms with Crippen molar-refractivity contribution in [3.63, 3.8) is 0 Å². The number of thiazole rings is 1. The summed E-state index contributed by atoms with van der Waals surface area (Å²) in [6, 6.07) is 7.86. The third kappa shape index (κ3) is 2.95. The molecule has 3 aromatic rings. The van der Waals surface area contributed by atoms with E-state index in [1.807, 2.05) is 18.2 Å². The molecule has 28 heavy (non-hydrogen) atoms. The zero-order valence-electron chi connectivity index (χ0n) is 15.6. The van der Waals surface area contributed by atoms with E-state index >= 15 is 0 Å². The predicted molar refractivity (Wildman–Crippen MR) is 103 cm³/mol. The highest BCUT2D eigenvalue weighted by Crippen LogP contribution is 2.43. The Morgan fingerprint density at radius 3 is 2.75 bits per heavy atom. The molecule has 0 radical (unpaired) electrons. The van der Waals surface area contributed by atoms with Crippen LogP contribution in [0.2, 0.25) is 0 Å². The van der Waals surface area contributed by atoms with Gasteiger partial charge in [0.2, 0.25) is 10.8 Å². The van der Waals surface area contributed by atoms with E-state index in [0.717, 1.165) is 42.1 Å². The van der Waals surface area contributed by atoms with Gasteiger partial charge in [0.1, 0.15) is 12.1 Å². The topological polar surface area (TPSA) is 81.4 Å². The van der Waals surface area contributed by atoms with Crippen LogP contribution in [-0.4, -0.2) is 63.8 Å². The van der Waals surface area contributed by atoms with Crippen molar-refractivity contribution < 1.29 is 19.3 Å². The fraction of sp³-hybridized carbons (Fsp3) is 0.474. The van der Waals surface area contributed by atoms with Gasteiger partial charge in [0, 0.05) is 25.9 Å². The van der Waals surface area contributed by atoms with Crippen molar-refractivity contribution in [1.82, 2.24) is 19.5 Å². The van der Waals surface area contributed by atoms with Crippen LogP contribution in [0.4, 0.5) is 0 Å². The number of fused-ring (bicyclic) bond motifs is 1. The van der Waals surface area contributed by atoms with Gasteiger partial charge in [0.25, 0.3) is 0 Å². The first-order chi connectivity index (χ1) is 13.7. The summed E-state index contributed by atoms with van der Waals surface area (Å²) in [5.41, 5.74) is 1.06. The van der Waals surface area contributed by atoms with Gasteiger partial charge in [0.15, 0.2) is 5.79 Å². The smallest absolute Gasteiger partial charge is 0.230 e. The molecule has 0 saturated carbocycles. The maximum absolute atomic E-state index is 10.8. The van der Waals surface area contributed by atoms with E-state index in [0.29, 0.717) is 18.2 Å². The maximum Gasteiger partial charge on any atom is 0.230 e. The van der Waals surface area contributed by atoms with Gasteiger partial charge in [-0.05, 0) is 17.7 Å². The Morgan fingerprint density at radius 2 is 2.04 bits per heavy atom. The summed E-state index contributed by atoms with van der Waals surface area (Å²) >= 11 is 1.46. The van der Waals surface area contributed by atoms with E-state index in [2.05, 4.69) is 21.0 Å². The summed E-state index contributed by atoms with van der Waals surface area (Å²) in [6.45, 7) is 2.92. The average molecular weight is 402 g/mol. The number of hydrogen-bond donors (Lipinski definition) is 1. The minimum Gasteiger partial charge on any atom is -0.497 e. The molecule has 2 aliphatic rings. The molecule has 1 atom stereocenters. The standard InChI is InChI=1S/C19H22N4O4S/c1-25-14-4-2-3-13(11-14)15(16-17(24)23-18(28-16)20-12-21-23)22-7-5-19(6-8-22)26-9-10-27-19/h2-4,11-12,15,24H,5-10H2,1H3/t15-/m0/s1. The lowest BCUT2D eigenvalue weighted by Crippen LogP contribution is -2.46. The monoisotopic (exact) mass is 402 g/mol. The largest absolute Gasteiger partial charge is 0.497 e. The average Bonchev–Trinajstić information content (AvgIpc) is 3.44. The van der Waals surface area contributed by atoms with Crippen molar-refractivity contribution in [3.8, 4) is 11.6 Å². The quantitative estimate of drug-likeness (QED) is 0.718. The number of likely N-dealkylation sites (tertiary alicyclic amines) is 1. The predicted octanol–water partition coefficient (Wildman–Crippen LogP) is 2.43. The molecule has 0 aliphatic carbocycles. The number of hydrogen-bond acceptors (Lipinski definition) is 8. The summed E-state index contributed by atoms with van der Waals surface area (Å²) in [5, 5.41) is 15.0. The number of nitrogens with zero attached hydrogens (tertiary/aromatic N) is 4. The lowest BCUT2D eigenvalue weighted by Gasteiger charge is -2.41. The SMILES string of the molecule is COc1cccc([C@@H](c2sc3ncnn3c2O)N2CCC3(CC2)OCCO3)c1. The van der Waals surface area contributed by atoms with Gasteiger partial charge < -0.3 is 19.3 Å². The highest BCUT2D eigenvalue weighted by Gasteiger charge is 2.42. The molecule has 8 nitrogen and oxygen atoms in total. The number of benzene rings is 1. The summed E-state index contributed by atoms with van der Waals surface area (Å²) < 4.78 is 18.7. The Morgan fingerprint density at radius 1 is 1.25 bits per heavy atom. The first-order valence-corrected chi connectivity index (χ1v) is 10.2. The Kier molecular flexibility index (Phi) is 4.47. The molecule has 4 heterocycles. The van der Waals surface area contributed by atoms with Gasteiger partial charge in [-0.3, -0.25) is 4.90 Å². The van der Waals surface area contributed by atoms with Crippen molar-refractivity contribution in [2.24, 2.45) is 0 Å². The Hall–Kier alpha value is -2.20. The molecule has 1 spiro atoms. The Balaban J connectivity index is 1.53. The van der Waals surface area contributed by atoms with E-state index < -0.39 is 5.79 Å². The van der Waals surface area contributed by atoms with Crippen LogP contribution >= 0.6 is 11.3 Å². The highest BCUT2D eigenvalue weighted by atomic mass is 32.1. The molecular weight excluding hydrogens is 380 g/mol. The number of piperidine rings is 1. The summed E-state index contributed by atoms with van der Waals surface area (Å²) in [6.07, 6.45) is 3.05. The lowest BCUT2D eigenvalue weighted by molar-refractivity contribution is -0.187. The van der Waals surface area contributed by atoms with Crippen LogP contribution < -0.4 is 4.74 Å². The molecule has 0 bridgehead atoms. The van der Waals surface area contributed by atoms with Crippen molar-refractivity contribution in [1.29, 1.82) is 0 Å². The molecule has 148 valence electrons. The van der Waals surface area contributed by atoms with Crippen LogP contribution in [0.1, 0.15) is 29.3 Å². The zero-order chi connectivity index (χ0) is 19.1. The number of aromatic nitrogens is 3. The van der Waals surface area contributed by atoms with Crippen LogP contribution in [0.25, 0.3) is 4.96 Å². The van der Waals surface area contributed by atoms with E-state index in [1.165, 1.54) is 22.2 Å².